The Morgan fingerprint density at radius 3 is 2.50 bits per heavy atom. The molecule has 1 aliphatic heterocycles. The van der Waals surface area contributed by atoms with Crippen molar-refractivity contribution in [2.24, 2.45) is 0 Å². The number of fused-ring (bicyclic) bond motifs is 1. The van der Waals surface area contributed by atoms with Crippen LogP contribution in [0.3, 0.4) is 0 Å². The molecule has 8 nitrogen and oxygen atoms in total. The molecule has 0 bridgehead atoms. The molecular weight excluding hydrogens is 382 g/mol. The first-order chi connectivity index (χ1) is 12.2. The van der Waals surface area contributed by atoms with Crippen LogP contribution in [0, 0.1) is 0 Å². The van der Waals surface area contributed by atoms with Gasteiger partial charge in [-0.15, -0.1) is 0 Å². The van der Waals surface area contributed by atoms with Crippen molar-refractivity contribution in [3.05, 3.63) is 57.0 Å². The Morgan fingerprint density at radius 2 is 1.85 bits per heavy atom. The zero-order valence-corrected chi connectivity index (χ0v) is 15.3. The first-order valence-electron chi connectivity index (χ1n) is 7.67. The topological polar surface area (TPSA) is 109 Å². The lowest BCUT2D eigenvalue weighted by Gasteiger charge is -2.29. The molecule has 1 aliphatic rings. The largest absolute Gasteiger partial charge is 0.503 e. The van der Waals surface area contributed by atoms with Crippen LogP contribution in [-0.4, -0.2) is 42.5 Å². The molecule has 2 heterocycles. The molecule has 0 spiro atoms. The maximum Gasteiger partial charge on any atom is 0.274 e. The quantitative estimate of drug-likeness (QED) is 0.792. The Kier molecular flexibility index (Phi) is 4.78. The number of halogens is 1. The fourth-order valence-electron chi connectivity index (χ4n) is 2.70. The molecule has 10 heteroatoms. The van der Waals surface area contributed by atoms with E-state index in [0.29, 0.717) is 23.8 Å². The molecule has 1 aromatic carbocycles. The molecule has 2 N–H and O–H groups in total. The van der Waals surface area contributed by atoms with Crippen LogP contribution in [0.5, 0.6) is 5.75 Å². The molecule has 0 saturated carbocycles. The Balaban J connectivity index is 1.94. The molecule has 1 aromatic heterocycles. The van der Waals surface area contributed by atoms with Gasteiger partial charge in [-0.3, -0.25) is 9.59 Å². The number of carbonyl (C=O) groups is 1. The number of hydrogen-bond acceptors (Lipinski definition) is 5. The third-order valence-electron chi connectivity index (χ3n) is 4.15. The monoisotopic (exact) mass is 397 g/mol. The van der Waals surface area contributed by atoms with E-state index in [1.54, 1.807) is 7.05 Å². The summed E-state index contributed by atoms with van der Waals surface area (Å²) in [6.45, 7) is 0.513. The highest BCUT2D eigenvalue weighted by atomic mass is 35.5. The number of carbonyl (C=O) groups excluding carboxylic acids is 1. The highest BCUT2D eigenvalue weighted by Crippen LogP contribution is 2.21. The highest BCUT2D eigenvalue weighted by molar-refractivity contribution is 7.89. The summed E-state index contributed by atoms with van der Waals surface area (Å²) >= 11 is 5.76. The first kappa shape index (κ1) is 18.4. The van der Waals surface area contributed by atoms with Gasteiger partial charge in [0.15, 0.2) is 11.4 Å². The van der Waals surface area contributed by atoms with Crippen LogP contribution in [0.1, 0.15) is 16.2 Å². The van der Waals surface area contributed by atoms with Crippen LogP contribution in [0.25, 0.3) is 0 Å². The number of nitrogens with one attached hydrogen (secondary N) is 1. The van der Waals surface area contributed by atoms with Gasteiger partial charge in [-0.1, -0.05) is 11.6 Å². The van der Waals surface area contributed by atoms with Gasteiger partial charge in [-0.25, -0.2) is 13.1 Å². The summed E-state index contributed by atoms with van der Waals surface area (Å²) in [5.41, 5.74) is -0.575. The number of benzene rings is 1. The number of likely N-dealkylation sites (N-methyl/N-ethyl adjacent to an activating group) is 1. The standard InChI is InChI=1S/C16H16ClN3O5S/c1-19-6-7-20-11(8-13(21)15(22)14(20)16(19)23)9-18-26(24,25)12-4-2-10(17)3-5-12/h2-5,8,18,22H,6-7,9H2,1H3. The molecule has 138 valence electrons. The third kappa shape index (κ3) is 3.33. The lowest BCUT2D eigenvalue weighted by Crippen LogP contribution is -2.40. The number of nitrogens with zero attached hydrogens (tertiary/aromatic N) is 2. The first-order valence-corrected chi connectivity index (χ1v) is 9.53. The van der Waals surface area contributed by atoms with Crippen LogP contribution >= 0.6 is 11.6 Å². The maximum absolute atomic E-state index is 12.4. The number of sulfonamides is 1. The molecular formula is C16H16ClN3O5S. The van der Waals surface area contributed by atoms with Gasteiger partial charge in [0.05, 0.1) is 11.4 Å². The number of amides is 1. The van der Waals surface area contributed by atoms with Gasteiger partial charge >= 0.3 is 0 Å². The van der Waals surface area contributed by atoms with E-state index in [0.717, 1.165) is 6.07 Å². The highest BCUT2D eigenvalue weighted by Gasteiger charge is 2.28. The third-order valence-corrected chi connectivity index (χ3v) is 5.82. The van der Waals surface area contributed by atoms with E-state index < -0.39 is 27.1 Å². The zero-order valence-electron chi connectivity index (χ0n) is 13.8. The lowest BCUT2D eigenvalue weighted by atomic mass is 10.2. The second-order valence-corrected chi connectivity index (χ2v) is 8.06. The average molecular weight is 398 g/mol. The van der Waals surface area contributed by atoms with Crippen molar-refractivity contribution in [2.45, 2.75) is 18.0 Å². The Hall–Kier alpha value is -2.36. The van der Waals surface area contributed by atoms with Crippen molar-refractivity contribution in [1.29, 1.82) is 0 Å². The number of aromatic hydroxyl groups is 1. The van der Waals surface area contributed by atoms with E-state index in [1.807, 2.05) is 0 Å². The maximum atomic E-state index is 12.4. The molecule has 0 atom stereocenters. The SMILES string of the molecule is CN1CCn2c(CNS(=O)(=O)c3ccc(Cl)cc3)cc(=O)c(O)c2C1=O. The zero-order chi connectivity index (χ0) is 19.1. The number of aromatic nitrogens is 1. The van der Waals surface area contributed by atoms with Crippen LogP contribution in [0.4, 0.5) is 0 Å². The predicted molar refractivity (Wildman–Crippen MR) is 94.8 cm³/mol. The Bertz CT molecular complexity index is 1030. The normalized spacial score (nSPS) is 14.4. The minimum Gasteiger partial charge on any atom is -0.503 e. The average Bonchev–Trinajstić information content (AvgIpc) is 2.60. The summed E-state index contributed by atoms with van der Waals surface area (Å²) in [6.07, 6.45) is 0. The summed E-state index contributed by atoms with van der Waals surface area (Å²) in [5.74, 6) is -1.13. The van der Waals surface area contributed by atoms with Crippen LogP contribution < -0.4 is 10.2 Å². The number of rotatable bonds is 4. The summed E-state index contributed by atoms with van der Waals surface area (Å²) in [7, 11) is -2.27. The van der Waals surface area contributed by atoms with Gasteiger partial charge in [0.1, 0.15) is 0 Å². The molecule has 3 rings (SSSR count). The van der Waals surface area contributed by atoms with Gasteiger partial charge in [-0.05, 0) is 24.3 Å². The van der Waals surface area contributed by atoms with Crippen molar-refractivity contribution in [2.75, 3.05) is 13.6 Å². The lowest BCUT2D eigenvalue weighted by molar-refractivity contribution is 0.0740. The second-order valence-electron chi connectivity index (χ2n) is 5.85. The molecule has 0 unspecified atom stereocenters. The number of hydrogen-bond donors (Lipinski definition) is 2. The van der Waals surface area contributed by atoms with Crippen LogP contribution in [0.2, 0.25) is 5.02 Å². The van der Waals surface area contributed by atoms with Gasteiger partial charge in [0.25, 0.3) is 5.91 Å². The second kappa shape index (κ2) is 6.75. The summed E-state index contributed by atoms with van der Waals surface area (Å²) in [4.78, 5) is 25.6. The summed E-state index contributed by atoms with van der Waals surface area (Å²) in [6, 6.07) is 6.76. The smallest absolute Gasteiger partial charge is 0.274 e. The van der Waals surface area contributed by atoms with E-state index >= 15 is 0 Å². The van der Waals surface area contributed by atoms with E-state index in [4.69, 9.17) is 11.6 Å². The van der Waals surface area contributed by atoms with Crippen LogP contribution in [0.15, 0.2) is 40.0 Å². The van der Waals surface area contributed by atoms with Crippen molar-refractivity contribution in [3.8, 4) is 5.75 Å². The van der Waals surface area contributed by atoms with E-state index in [2.05, 4.69) is 4.72 Å². The molecule has 0 radical (unpaired) electrons. The van der Waals surface area contributed by atoms with Gasteiger partial charge in [0.2, 0.25) is 15.5 Å². The molecule has 1 amide bonds. The molecule has 0 aliphatic carbocycles. The van der Waals surface area contributed by atoms with E-state index in [1.165, 1.54) is 33.7 Å². The van der Waals surface area contributed by atoms with E-state index in [-0.39, 0.29) is 17.1 Å². The van der Waals surface area contributed by atoms with Crippen LogP contribution in [-0.2, 0) is 23.1 Å². The molecule has 0 saturated heterocycles. The van der Waals surface area contributed by atoms with Gasteiger partial charge in [0, 0.05) is 36.9 Å². The minimum atomic E-state index is -3.83. The fourth-order valence-corrected chi connectivity index (χ4v) is 3.83. The Morgan fingerprint density at radius 1 is 1.19 bits per heavy atom. The summed E-state index contributed by atoms with van der Waals surface area (Å²) in [5, 5.41) is 10.4. The fraction of sp³-hybridized carbons (Fsp3) is 0.250. The number of pyridine rings is 1. The van der Waals surface area contributed by atoms with Crippen molar-refractivity contribution in [3.63, 3.8) is 0 Å². The van der Waals surface area contributed by atoms with Gasteiger partial charge in [-0.2, -0.15) is 0 Å². The van der Waals surface area contributed by atoms with Crippen molar-refractivity contribution in [1.82, 2.24) is 14.2 Å². The summed E-state index contributed by atoms with van der Waals surface area (Å²) < 4.78 is 28.6. The minimum absolute atomic E-state index is 0.0257. The van der Waals surface area contributed by atoms with Gasteiger partial charge < -0.3 is 14.6 Å². The molecule has 0 fully saturated rings. The van der Waals surface area contributed by atoms with Crippen molar-refractivity contribution < 1.29 is 18.3 Å². The Labute approximate surface area is 154 Å². The molecule has 2 aromatic rings. The molecule has 26 heavy (non-hydrogen) atoms. The van der Waals surface area contributed by atoms with E-state index in [9.17, 15) is 23.1 Å². The van der Waals surface area contributed by atoms with Crippen molar-refractivity contribution >= 4 is 27.5 Å². The predicted octanol–water partition coefficient (Wildman–Crippen LogP) is 0.771.